The Bertz CT molecular complexity index is 1260. The van der Waals surface area contributed by atoms with Crippen LogP contribution in [0.1, 0.15) is 20.7 Å². The van der Waals surface area contributed by atoms with E-state index >= 15 is 8.78 Å². The zero-order valence-corrected chi connectivity index (χ0v) is 24.7. The maximum atomic E-state index is 15.2. The lowest BCUT2D eigenvalue weighted by molar-refractivity contribution is -0.384. The van der Waals surface area contributed by atoms with Crippen molar-refractivity contribution in [2.24, 2.45) is 0 Å². The van der Waals surface area contributed by atoms with Crippen LogP contribution >= 0.6 is 38.5 Å². The van der Waals surface area contributed by atoms with Crippen molar-refractivity contribution < 1.29 is 28.0 Å². The minimum Gasteiger partial charge on any atom is -0.383 e. The Morgan fingerprint density at radius 2 is 1.92 bits per heavy atom. The highest BCUT2D eigenvalue weighted by molar-refractivity contribution is 14.1. The van der Waals surface area contributed by atoms with Crippen molar-refractivity contribution in [2.45, 2.75) is 12.0 Å². The van der Waals surface area contributed by atoms with Crippen LogP contribution in [0.2, 0.25) is 0 Å². The number of ether oxygens (including phenoxy) is 1. The minimum absolute atomic E-state index is 0.0937. The summed E-state index contributed by atoms with van der Waals surface area (Å²) < 4.78 is 36.4. The van der Waals surface area contributed by atoms with Gasteiger partial charge in [-0.25, -0.2) is 8.78 Å². The molecule has 0 bridgehead atoms. The van der Waals surface area contributed by atoms with Gasteiger partial charge in [-0.15, -0.1) is 0 Å². The van der Waals surface area contributed by atoms with Crippen LogP contribution in [-0.2, 0) is 4.74 Å². The monoisotopic (exact) mass is 722 g/mol. The fourth-order valence-corrected chi connectivity index (χ4v) is 5.54. The Morgan fingerprint density at radius 1 is 1.21 bits per heavy atom. The molecule has 2 aliphatic rings. The van der Waals surface area contributed by atoms with E-state index in [1.165, 1.54) is 18.5 Å². The third-order valence-corrected chi connectivity index (χ3v) is 7.70. The summed E-state index contributed by atoms with van der Waals surface area (Å²) in [5.41, 5.74) is -0.754. The van der Waals surface area contributed by atoms with Crippen LogP contribution in [-0.4, -0.2) is 108 Å². The van der Waals surface area contributed by atoms with Gasteiger partial charge in [0.25, 0.3) is 23.4 Å². The van der Waals surface area contributed by atoms with Crippen LogP contribution in [0.15, 0.2) is 35.1 Å². The van der Waals surface area contributed by atoms with E-state index in [2.05, 4.69) is 31.1 Å². The number of hydrogen-bond acceptors (Lipinski definition) is 8. The number of rotatable bonds is 8. The molecule has 2 fully saturated rings. The van der Waals surface area contributed by atoms with Crippen LogP contribution in [0, 0.1) is 13.7 Å². The van der Waals surface area contributed by atoms with E-state index < -0.39 is 47.5 Å². The minimum atomic E-state index is -3.42. The Morgan fingerprint density at radius 3 is 2.56 bits per heavy atom. The Labute approximate surface area is 245 Å². The fraction of sp³-hybridized carbons (Fsp3) is 0.458. The number of aromatic nitrogens is 1. The second-order valence-corrected chi connectivity index (χ2v) is 11.4. The molecule has 15 heteroatoms. The van der Waals surface area contributed by atoms with Crippen molar-refractivity contribution in [3.63, 3.8) is 0 Å². The molecule has 2 amide bonds. The van der Waals surface area contributed by atoms with E-state index in [-0.39, 0.29) is 21.3 Å². The Hall–Kier alpha value is -2.50. The first kappa shape index (κ1) is 29.5. The molecule has 1 aromatic heterocycles. The van der Waals surface area contributed by atoms with E-state index in [1.807, 2.05) is 22.6 Å². The molecule has 2 aromatic rings. The molecule has 1 unspecified atom stereocenters. The molecule has 3 heterocycles. The first-order chi connectivity index (χ1) is 18.5. The predicted octanol–water partition coefficient (Wildman–Crippen LogP) is 3.33. The van der Waals surface area contributed by atoms with E-state index in [4.69, 9.17) is 4.74 Å². The summed E-state index contributed by atoms with van der Waals surface area (Å²) in [6.45, 7) is 1.86. The molecule has 210 valence electrons. The molecular formula is C24H26BrF2IN6O5. The molecular weight excluding hydrogens is 697 g/mol. The molecule has 11 nitrogen and oxygen atoms in total. The van der Waals surface area contributed by atoms with E-state index in [0.29, 0.717) is 42.9 Å². The molecule has 1 atom stereocenters. The summed E-state index contributed by atoms with van der Waals surface area (Å²) in [5.74, 6) is -4.55. The van der Waals surface area contributed by atoms with E-state index in [0.717, 1.165) is 11.0 Å². The standard InChI is InChI=1S/C24H26BrF2IN6O5/c1-39-7-6-31-2-4-32(5-3-31)23(36)18-9-16(25)10-19(34(37)38)21(18)30-20-13-33(14-24(20,26)27)22(35)15-8-17(28)12-29-11-15/h8-12,20,30H,2-7,13-14H2,1H3. The number of nitro benzene ring substituents is 1. The number of amides is 2. The van der Waals surface area contributed by atoms with Crippen LogP contribution in [0.3, 0.4) is 0 Å². The lowest BCUT2D eigenvalue weighted by Crippen LogP contribution is -2.49. The van der Waals surface area contributed by atoms with E-state index in [1.54, 1.807) is 18.1 Å². The third-order valence-electron chi connectivity index (χ3n) is 6.65. The van der Waals surface area contributed by atoms with Gasteiger partial charge in [0.05, 0.1) is 29.2 Å². The molecule has 2 saturated heterocycles. The van der Waals surface area contributed by atoms with Gasteiger partial charge in [0.1, 0.15) is 11.7 Å². The number of likely N-dealkylation sites (tertiary alicyclic amines) is 1. The van der Waals surface area contributed by atoms with Gasteiger partial charge in [-0.3, -0.25) is 29.6 Å². The van der Waals surface area contributed by atoms with Crippen molar-refractivity contribution in [1.29, 1.82) is 0 Å². The lowest BCUT2D eigenvalue weighted by Gasteiger charge is -2.35. The summed E-state index contributed by atoms with van der Waals surface area (Å²) in [4.78, 5) is 46.3. The highest BCUT2D eigenvalue weighted by atomic mass is 127. The number of nitro groups is 1. The van der Waals surface area contributed by atoms with Crippen molar-refractivity contribution in [3.05, 3.63) is 59.9 Å². The smallest absolute Gasteiger partial charge is 0.294 e. The largest absolute Gasteiger partial charge is 0.383 e. The zero-order valence-electron chi connectivity index (χ0n) is 20.9. The number of carbonyl (C=O) groups excluding carboxylic acids is 2. The van der Waals surface area contributed by atoms with Gasteiger partial charge in [0.2, 0.25) is 0 Å². The molecule has 4 rings (SSSR count). The van der Waals surface area contributed by atoms with Gasteiger partial charge < -0.3 is 19.9 Å². The molecule has 39 heavy (non-hydrogen) atoms. The number of benzene rings is 1. The number of halogens is 4. The molecule has 0 spiro atoms. The normalized spacial score (nSPS) is 19.3. The maximum absolute atomic E-state index is 15.2. The quantitative estimate of drug-likeness (QED) is 0.251. The van der Waals surface area contributed by atoms with Crippen molar-refractivity contribution in [2.75, 3.05) is 64.8 Å². The number of pyridine rings is 1. The van der Waals surface area contributed by atoms with Gasteiger partial charge in [-0.2, -0.15) is 0 Å². The molecule has 1 N–H and O–H groups in total. The summed E-state index contributed by atoms with van der Waals surface area (Å²) in [6.07, 6.45) is 2.83. The third kappa shape index (κ3) is 6.81. The topological polar surface area (TPSA) is 121 Å². The number of anilines is 1. The number of nitrogens with one attached hydrogen (secondary N) is 1. The molecule has 1 aromatic carbocycles. The van der Waals surface area contributed by atoms with Gasteiger partial charge in [0.15, 0.2) is 0 Å². The number of nitrogens with zero attached hydrogens (tertiary/aromatic N) is 5. The van der Waals surface area contributed by atoms with Crippen molar-refractivity contribution in [1.82, 2.24) is 19.7 Å². The number of piperazine rings is 1. The maximum Gasteiger partial charge on any atom is 0.294 e. The second kappa shape index (κ2) is 12.3. The molecule has 0 saturated carbocycles. The fourth-order valence-electron chi connectivity index (χ4n) is 4.60. The summed E-state index contributed by atoms with van der Waals surface area (Å²) in [7, 11) is 1.61. The summed E-state index contributed by atoms with van der Waals surface area (Å²) in [6, 6.07) is 2.44. The van der Waals surface area contributed by atoms with Gasteiger partial charge >= 0.3 is 0 Å². The Balaban J connectivity index is 1.59. The average molecular weight is 723 g/mol. The SMILES string of the molecule is COCCN1CCN(C(=O)c2cc(Br)cc([N+](=O)[O-])c2NC2CN(C(=O)c3cncc(I)c3)CC2(F)F)CC1. The molecule has 0 radical (unpaired) electrons. The molecule has 2 aliphatic heterocycles. The van der Waals surface area contributed by atoms with Gasteiger partial charge in [-0.1, -0.05) is 15.9 Å². The predicted molar refractivity (Wildman–Crippen MR) is 150 cm³/mol. The second-order valence-electron chi connectivity index (χ2n) is 9.27. The number of alkyl halides is 2. The van der Waals surface area contributed by atoms with E-state index in [9.17, 15) is 19.7 Å². The van der Waals surface area contributed by atoms with Crippen LogP contribution in [0.25, 0.3) is 0 Å². The zero-order chi connectivity index (χ0) is 28.3. The van der Waals surface area contributed by atoms with Gasteiger partial charge in [0, 0.05) is 72.9 Å². The summed E-state index contributed by atoms with van der Waals surface area (Å²) in [5, 5.41) is 14.5. The Kier molecular flexibility index (Phi) is 9.33. The van der Waals surface area contributed by atoms with Crippen LogP contribution in [0.4, 0.5) is 20.2 Å². The number of carbonyl (C=O) groups is 2. The number of methoxy groups -OCH3 is 1. The van der Waals surface area contributed by atoms with Crippen molar-refractivity contribution >= 4 is 61.7 Å². The average Bonchev–Trinajstić information content (AvgIpc) is 3.21. The van der Waals surface area contributed by atoms with Crippen LogP contribution in [0.5, 0.6) is 0 Å². The first-order valence-corrected chi connectivity index (χ1v) is 13.9. The van der Waals surface area contributed by atoms with Gasteiger partial charge in [-0.05, 0) is 34.7 Å². The first-order valence-electron chi connectivity index (χ1n) is 12.0. The lowest BCUT2D eigenvalue weighted by atomic mass is 10.1. The number of hydrogen-bond donors (Lipinski definition) is 1. The van der Waals surface area contributed by atoms with Crippen molar-refractivity contribution in [3.8, 4) is 0 Å². The summed E-state index contributed by atoms with van der Waals surface area (Å²) >= 11 is 5.18. The highest BCUT2D eigenvalue weighted by Crippen LogP contribution is 2.38. The highest BCUT2D eigenvalue weighted by Gasteiger charge is 2.50. The molecule has 0 aliphatic carbocycles. The van der Waals surface area contributed by atoms with Crippen LogP contribution < -0.4 is 5.32 Å².